The van der Waals surface area contributed by atoms with E-state index in [4.69, 9.17) is 5.11 Å². The van der Waals surface area contributed by atoms with E-state index in [0.717, 1.165) is 6.07 Å². The highest BCUT2D eigenvalue weighted by atomic mass is 19.1. The van der Waals surface area contributed by atoms with Gasteiger partial charge in [0, 0.05) is 11.8 Å². The Balaban J connectivity index is 2.39. The van der Waals surface area contributed by atoms with Crippen LogP contribution in [0.3, 0.4) is 0 Å². The number of hydrogen-bond donors (Lipinski definition) is 1. The summed E-state index contributed by atoms with van der Waals surface area (Å²) in [6.45, 7) is 3.56. The molecular formula is C14H13FN2O3. The summed E-state index contributed by atoms with van der Waals surface area (Å²) in [5.74, 6) is -1.61. The van der Waals surface area contributed by atoms with E-state index in [0.29, 0.717) is 17.1 Å². The number of nitrogens with zero attached hydrogens (tertiary/aromatic N) is 2. The van der Waals surface area contributed by atoms with Gasteiger partial charge in [-0.1, -0.05) is 6.07 Å². The molecular weight excluding hydrogens is 263 g/mol. The summed E-state index contributed by atoms with van der Waals surface area (Å²) in [7, 11) is 0. The maximum absolute atomic E-state index is 13.6. The lowest BCUT2D eigenvalue weighted by Crippen LogP contribution is -2.24. The van der Waals surface area contributed by atoms with Crippen LogP contribution >= 0.6 is 0 Å². The van der Waals surface area contributed by atoms with Crippen LogP contribution in [0.25, 0.3) is 0 Å². The first-order valence-corrected chi connectivity index (χ1v) is 5.95. The molecule has 0 fully saturated rings. The van der Waals surface area contributed by atoms with Crippen molar-refractivity contribution in [1.29, 1.82) is 0 Å². The van der Waals surface area contributed by atoms with Crippen LogP contribution in [0, 0.1) is 19.7 Å². The summed E-state index contributed by atoms with van der Waals surface area (Å²) in [6.07, 6.45) is 0. The van der Waals surface area contributed by atoms with Gasteiger partial charge in [-0.2, -0.15) is 0 Å². The number of aromatic nitrogens is 2. The second kappa shape index (κ2) is 5.24. The monoisotopic (exact) mass is 276 g/mol. The van der Waals surface area contributed by atoms with Gasteiger partial charge in [-0.15, -0.1) is 0 Å². The van der Waals surface area contributed by atoms with E-state index in [-0.39, 0.29) is 17.7 Å². The number of carboxylic acids is 1. The van der Waals surface area contributed by atoms with Crippen LogP contribution in [0.4, 0.5) is 4.39 Å². The number of benzene rings is 1. The highest BCUT2D eigenvalue weighted by molar-refractivity contribution is 5.87. The number of carboxylic acid groups (broad SMARTS) is 1. The lowest BCUT2D eigenvalue weighted by atomic mass is 10.1. The molecule has 6 heteroatoms. The van der Waals surface area contributed by atoms with Crippen molar-refractivity contribution in [3.63, 3.8) is 0 Å². The van der Waals surface area contributed by atoms with E-state index in [2.05, 4.69) is 4.98 Å². The zero-order valence-corrected chi connectivity index (χ0v) is 11.1. The first-order valence-electron chi connectivity index (χ1n) is 5.95. The van der Waals surface area contributed by atoms with Crippen molar-refractivity contribution in [1.82, 2.24) is 9.55 Å². The molecule has 0 amide bonds. The van der Waals surface area contributed by atoms with Crippen molar-refractivity contribution in [2.75, 3.05) is 0 Å². The average Bonchev–Trinajstić information content (AvgIpc) is 2.33. The van der Waals surface area contributed by atoms with Crippen LogP contribution in [-0.4, -0.2) is 20.6 Å². The van der Waals surface area contributed by atoms with E-state index in [1.165, 1.54) is 22.8 Å². The molecule has 1 N–H and O–H groups in total. The summed E-state index contributed by atoms with van der Waals surface area (Å²) in [5.41, 5.74) is 0.511. The molecule has 20 heavy (non-hydrogen) atoms. The Labute approximate surface area is 114 Å². The minimum Gasteiger partial charge on any atom is -0.478 e. The average molecular weight is 276 g/mol. The zero-order valence-electron chi connectivity index (χ0n) is 11.1. The largest absolute Gasteiger partial charge is 0.478 e. The Morgan fingerprint density at radius 3 is 2.60 bits per heavy atom. The molecule has 0 unspecified atom stereocenters. The van der Waals surface area contributed by atoms with Gasteiger partial charge in [-0.25, -0.2) is 14.2 Å². The van der Waals surface area contributed by atoms with Crippen LogP contribution in [0.15, 0.2) is 29.1 Å². The zero-order chi connectivity index (χ0) is 14.9. The van der Waals surface area contributed by atoms with Crippen LogP contribution < -0.4 is 5.56 Å². The van der Waals surface area contributed by atoms with Gasteiger partial charge in [0.05, 0.1) is 12.1 Å². The Hall–Kier alpha value is -2.50. The smallest absolute Gasteiger partial charge is 0.338 e. The van der Waals surface area contributed by atoms with Crippen molar-refractivity contribution in [3.05, 3.63) is 63.1 Å². The molecule has 2 aromatic rings. The first kappa shape index (κ1) is 13.9. The summed E-state index contributed by atoms with van der Waals surface area (Å²) in [6, 6.07) is 5.19. The van der Waals surface area contributed by atoms with E-state index < -0.39 is 11.8 Å². The van der Waals surface area contributed by atoms with Gasteiger partial charge >= 0.3 is 5.97 Å². The fourth-order valence-corrected chi connectivity index (χ4v) is 1.97. The quantitative estimate of drug-likeness (QED) is 0.927. The maximum Gasteiger partial charge on any atom is 0.338 e. The van der Waals surface area contributed by atoms with Crippen molar-refractivity contribution < 1.29 is 14.3 Å². The normalized spacial score (nSPS) is 10.6. The lowest BCUT2D eigenvalue weighted by Gasteiger charge is -2.10. The molecule has 1 aromatic carbocycles. The molecule has 0 saturated carbocycles. The van der Waals surface area contributed by atoms with E-state index in [1.54, 1.807) is 13.8 Å². The highest BCUT2D eigenvalue weighted by Gasteiger charge is 2.11. The minimum atomic E-state index is -1.32. The van der Waals surface area contributed by atoms with Crippen LogP contribution in [0.5, 0.6) is 0 Å². The van der Waals surface area contributed by atoms with Crippen molar-refractivity contribution in [3.8, 4) is 0 Å². The van der Waals surface area contributed by atoms with Gasteiger partial charge in [0.15, 0.2) is 0 Å². The summed E-state index contributed by atoms with van der Waals surface area (Å²) >= 11 is 0. The van der Waals surface area contributed by atoms with Gasteiger partial charge in [0.25, 0.3) is 5.56 Å². The molecule has 0 aliphatic carbocycles. The number of aromatic carboxylic acids is 1. The summed E-state index contributed by atoms with van der Waals surface area (Å²) in [5, 5.41) is 8.76. The molecule has 1 heterocycles. The Morgan fingerprint density at radius 1 is 1.35 bits per heavy atom. The molecule has 0 aliphatic rings. The topological polar surface area (TPSA) is 72.2 Å². The van der Waals surface area contributed by atoms with Crippen molar-refractivity contribution in [2.45, 2.75) is 20.4 Å². The third-order valence-electron chi connectivity index (χ3n) is 2.93. The molecule has 0 atom stereocenters. The standard InChI is InChI=1S/C14H13FN2O3/c1-8-5-13(18)17(9(2)16-8)7-10-3-4-11(14(19)20)12(15)6-10/h3-6H,7H2,1-2H3,(H,19,20). The molecule has 0 radical (unpaired) electrons. The second-order valence-corrected chi connectivity index (χ2v) is 4.49. The SMILES string of the molecule is Cc1cc(=O)n(Cc2ccc(C(=O)O)c(F)c2)c(C)n1. The molecule has 0 saturated heterocycles. The molecule has 5 nitrogen and oxygen atoms in total. The van der Waals surface area contributed by atoms with Crippen molar-refractivity contribution in [2.24, 2.45) is 0 Å². The first-order chi connectivity index (χ1) is 9.38. The molecule has 0 bridgehead atoms. The van der Waals surface area contributed by atoms with Gasteiger partial charge in [-0.05, 0) is 31.5 Å². The molecule has 0 spiro atoms. The Morgan fingerprint density at radius 2 is 2.05 bits per heavy atom. The summed E-state index contributed by atoms with van der Waals surface area (Å²) in [4.78, 5) is 26.8. The highest BCUT2D eigenvalue weighted by Crippen LogP contribution is 2.12. The number of halogens is 1. The van der Waals surface area contributed by atoms with E-state index in [1.807, 2.05) is 0 Å². The predicted molar refractivity (Wildman–Crippen MR) is 70.4 cm³/mol. The molecule has 104 valence electrons. The molecule has 0 aliphatic heterocycles. The third-order valence-corrected chi connectivity index (χ3v) is 2.93. The fraction of sp³-hybridized carbons (Fsp3) is 0.214. The lowest BCUT2D eigenvalue weighted by molar-refractivity contribution is 0.0692. The number of carbonyl (C=O) groups is 1. The van der Waals surface area contributed by atoms with E-state index in [9.17, 15) is 14.0 Å². The van der Waals surface area contributed by atoms with Crippen LogP contribution in [0.2, 0.25) is 0 Å². The van der Waals surface area contributed by atoms with Crippen molar-refractivity contribution >= 4 is 5.97 Å². The van der Waals surface area contributed by atoms with Gasteiger partial charge in [-0.3, -0.25) is 9.36 Å². The van der Waals surface area contributed by atoms with E-state index >= 15 is 0 Å². The van der Waals surface area contributed by atoms with Gasteiger partial charge < -0.3 is 5.11 Å². The van der Waals surface area contributed by atoms with Crippen LogP contribution in [0.1, 0.15) is 27.4 Å². The number of aryl methyl sites for hydroxylation is 2. The Kier molecular flexibility index (Phi) is 3.65. The molecule has 2 rings (SSSR count). The number of rotatable bonds is 3. The second-order valence-electron chi connectivity index (χ2n) is 4.49. The van der Waals surface area contributed by atoms with Gasteiger partial charge in [0.1, 0.15) is 11.6 Å². The molecule has 1 aromatic heterocycles. The minimum absolute atomic E-state index is 0.148. The fourth-order valence-electron chi connectivity index (χ4n) is 1.97. The predicted octanol–water partition coefficient (Wildman–Crippen LogP) is 1.75. The summed E-state index contributed by atoms with van der Waals surface area (Å²) < 4.78 is 15.0. The van der Waals surface area contributed by atoms with Gasteiger partial charge in [0.2, 0.25) is 0 Å². The maximum atomic E-state index is 13.6. The van der Waals surface area contributed by atoms with Crippen LogP contribution in [-0.2, 0) is 6.54 Å². The number of hydrogen-bond acceptors (Lipinski definition) is 3. The third kappa shape index (κ3) is 2.74. The Bertz CT molecular complexity index is 738.